The summed E-state index contributed by atoms with van der Waals surface area (Å²) in [7, 11) is 0. The molecule has 0 bridgehead atoms. The minimum Gasteiger partial charge on any atom is -0.346 e. The average Bonchev–Trinajstić information content (AvgIpc) is 2.76. The van der Waals surface area contributed by atoms with Crippen molar-refractivity contribution in [2.24, 2.45) is 0 Å². The Morgan fingerprint density at radius 3 is 1.93 bits per heavy atom. The van der Waals surface area contributed by atoms with Crippen molar-refractivity contribution >= 4 is 23.0 Å². The van der Waals surface area contributed by atoms with Gasteiger partial charge in [0.25, 0.3) is 0 Å². The van der Waals surface area contributed by atoms with Crippen molar-refractivity contribution in [1.82, 2.24) is 9.80 Å². The molecular formula is C24H24FN3S. The van der Waals surface area contributed by atoms with E-state index in [4.69, 9.17) is 12.2 Å². The van der Waals surface area contributed by atoms with Crippen LogP contribution in [0.2, 0.25) is 0 Å². The topological polar surface area (TPSA) is 18.5 Å². The van der Waals surface area contributed by atoms with Gasteiger partial charge in [0.2, 0.25) is 0 Å². The van der Waals surface area contributed by atoms with Crippen molar-refractivity contribution < 1.29 is 4.39 Å². The molecule has 0 atom stereocenters. The van der Waals surface area contributed by atoms with Crippen LogP contribution in [0.25, 0.3) is 0 Å². The predicted molar refractivity (Wildman–Crippen MR) is 120 cm³/mol. The second kappa shape index (κ2) is 9.16. The fourth-order valence-electron chi connectivity index (χ4n) is 3.84. The fourth-order valence-corrected chi connectivity index (χ4v) is 4.14. The molecule has 5 heteroatoms. The minimum absolute atomic E-state index is 0.226. The monoisotopic (exact) mass is 405 g/mol. The summed E-state index contributed by atoms with van der Waals surface area (Å²) in [6.45, 7) is 3.47. The van der Waals surface area contributed by atoms with Crippen molar-refractivity contribution in [1.29, 1.82) is 0 Å². The van der Waals surface area contributed by atoms with Gasteiger partial charge in [0.15, 0.2) is 5.11 Å². The number of thiocarbonyl (C=S) groups is 1. The van der Waals surface area contributed by atoms with E-state index in [2.05, 4.69) is 75.8 Å². The maximum absolute atomic E-state index is 13.4. The molecule has 0 amide bonds. The van der Waals surface area contributed by atoms with Crippen LogP contribution in [0.15, 0.2) is 84.9 Å². The minimum atomic E-state index is -0.267. The van der Waals surface area contributed by atoms with Crippen LogP contribution in [0.3, 0.4) is 0 Å². The number of piperazine rings is 1. The Labute approximate surface area is 176 Å². The molecule has 0 radical (unpaired) electrons. The van der Waals surface area contributed by atoms with E-state index >= 15 is 0 Å². The quantitative estimate of drug-likeness (QED) is 0.620. The van der Waals surface area contributed by atoms with Crippen molar-refractivity contribution in [2.45, 2.75) is 6.04 Å². The number of nitrogens with one attached hydrogen (secondary N) is 1. The lowest BCUT2D eigenvalue weighted by molar-refractivity contribution is 0.151. The molecule has 0 aromatic heterocycles. The summed E-state index contributed by atoms with van der Waals surface area (Å²) in [5, 5.41) is 3.80. The molecular weight excluding hydrogens is 381 g/mol. The summed E-state index contributed by atoms with van der Waals surface area (Å²) in [6, 6.07) is 27.9. The first-order valence-electron chi connectivity index (χ1n) is 9.86. The van der Waals surface area contributed by atoms with Crippen molar-refractivity contribution in [3.63, 3.8) is 0 Å². The van der Waals surface area contributed by atoms with Crippen LogP contribution in [-0.2, 0) is 0 Å². The molecule has 1 fully saturated rings. The van der Waals surface area contributed by atoms with Gasteiger partial charge in [0, 0.05) is 31.9 Å². The Morgan fingerprint density at radius 2 is 1.38 bits per heavy atom. The largest absolute Gasteiger partial charge is 0.346 e. The Balaban J connectivity index is 1.45. The molecule has 29 heavy (non-hydrogen) atoms. The van der Waals surface area contributed by atoms with E-state index in [1.807, 2.05) is 6.07 Å². The van der Waals surface area contributed by atoms with Crippen LogP contribution in [-0.4, -0.2) is 41.1 Å². The Morgan fingerprint density at radius 1 is 0.793 bits per heavy atom. The highest BCUT2D eigenvalue weighted by atomic mass is 32.1. The molecule has 0 aliphatic carbocycles. The molecule has 1 aliphatic rings. The lowest BCUT2D eigenvalue weighted by Crippen LogP contribution is -2.50. The number of anilines is 1. The molecule has 1 N–H and O–H groups in total. The number of halogens is 1. The highest BCUT2D eigenvalue weighted by molar-refractivity contribution is 7.80. The van der Waals surface area contributed by atoms with Crippen LogP contribution in [0.5, 0.6) is 0 Å². The Kier molecular flexibility index (Phi) is 6.17. The molecule has 0 spiro atoms. The lowest BCUT2D eigenvalue weighted by atomic mass is 9.96. The summed E-state index contributed by atoms with van der Waals surface area (Å²) in [5.74, 6) is -0.267. The standard InChI is InChI=1S/C24H24FN3S/c25-21-12-7-13-22(18-21)26-24(29)28-16-14-27(15-17-28)23(19-8-3-1-4-9-19)20-10-5-2-6-11-20/h1-13,18,23H,14-17H2,(H,26,29). The summed E-state index contributed by atoms with van der Waals surface area (Å²) < 4.78 is 13.4. The second-order valence-corrected chi connectivity index (χ2v) is 7.57. The second-order valence-electron chi connectivity index (χ2n) is 7.19. The highest BCUT2D eigenvalue weighted by Crippen LogP contribution is 2.29. The van der Waals surface area contributed by atoms with E-state index in [0.717, 1.165) is 26.2 Å². The first kappa shape index (κ1) is 19.6. The zero-order valence-corrected chi connectivity index (χ0v) is 17.0. The number of rotatable bonds is 4. The Hall–Kier alpha value is -2.76. The van der Waals surface area contributed by atoms with Gasteiger partial charge in [-0.2, -0.15) is 0 Å². The van der Waals surface area contributed by atoms with Crippen LogP contribution in [0.4, 0.5) is 10.1 Å². The van der Waals surface area contributed by atoms with Gasteiger partial charge in [-0.15, -0.1) is 0 Å². The van der Waals surface area contributed by atoms with Crippen molar-refractivity contribution in [3.05, 3.63) is 102 Å². The third kappa shape index (κ3) is 4.81. The smallest absolute Gasteiger partial charge is 0.173 e. The third-order valence-corrected chi connectivity index (χ3v) is 5.63. The SMILES string of the molecule is Fc1cccc(NC(=S)N2CCN(C(c3ccccc3)c3ccccc3)CC2)c1. The predicted octanol–water partition coefficient (Wildman–Crippen LogP) is 4.93. The van der Waals surface area contributed by atoms with Crippen LogP contribution < -0.4 is 5.32 Å². The molecule has 4 rings (SSSR count). The third-order valence-electron chi connectivity index (χ3n) is 5.27. The highest BCUT2D eigenvalue weighted by Gasteiger charge is 2.27. The van der Waals surface area contributed by atoms with Crippen LogP contribution >= 0.6 is 12.2 Å². The van der Waals surface area contributed by atoms with Gasteiger partial charge in [-0.1, -0.05) is 66.7 Å². The molecule has 0 saturated carbocycles. The molecule has 3 nitrogen and oxygen atoms in total. The lowest BCUT2D eigenvalue weighted by Gasteiger charge is -2.40. The molecule has 3 aromatic carbocycles. The first-order chi connectivity index (χ1) is 14.2. The molecule has 1 saturated heterocycles. The van der Waals surface area contributed by atoms with Gasteiger partial charge in [-0.25, -0.2) is 4.39 Å². The van der Waals surface area contributed by atoms with E-state index in [0.29, 0.717) is 10.8 Å². The van der Waals surface area contributed by atoms with Gasteiger partial charge in [0.05, 0.1) is 6.04 Å². The number of benzene rings is 3. The van der Waals surface area contributed by atoms with Gasteiger partial charge >= 0.3 is 0 Å². The average molecular weight is 406 g/mol. The first-order valence-corrected chi connectivity index (χ1v) is 10.3. The van der Waals surface area contributed by atoms with Crippen LogP contribution in [0, 0.1) is 5.82 Å². The molecule has 1 heterocycles. The van der Waals surface area contributed by atoms with E-state index < -0.39 is 0 Å². The maximum atomic E-state index is 13.4. The van der Waals surface area contributed by atoms with E-state index in [-0.39, 0.29) is 11.9 Å². The normalized spacial score (nSPS) is 14.8. The van der Waals surface area contributed by atoms with E-state index in [1.54, 1.807) is 6.07 Å². The fraction of sp³-hybridized carbons (Fsp3) is 0.208. The summed E-state index contributed by atoms with van der Waals surface area (Å²) in [5.41, 5.74) is 3.28. The number of hydrogen-bond donors (Lipinski definition) is 1. The van der Waals surface area contributed by atoms with Crippen molar-refractivity contribution in [2.75, 3.05) is 31.5 Å². The molecule has 1 aliphatic heterocycles. The van der Waals surface area contributed by atoms with Crippen molar-refractivity contribution in [3.8, 4) is 0 Å². The number of nitrogens with zero attached hydrogens (tertiary/aromatic N) is 2. The van der Waals surface area contributed by atoms with Gasteiger partial charge in [-0.05, 0) is 41.5 Å². The maximum Gasteiger partial charge on any atom is 0.173 e. The Bertz CT molecular complexity index is 901. The van der Waals surface area contributed by atoms with Gasteiger partial charge in [-0.3, -0.25) is 4.90 Å². The summed E-state index contributed by atoms with van der Waals surface area (Å²) in [6.07, 6.45) is 0. The van der Waals surface area contributed by atoms with E-state index in [1.165, 1.54) is 23.3 Å². The number of hydrogen-bond acceptors (Lipinski definition) is 2. The zero-order valence-electron chi connectivity index (χ0n) is 16.2. The summed E-state index contributed by atoms with van der Waals surface area (Å²) in [4.78, 5) is 4.66. The van der Waals surface area contributed by atoms with Gasteiger partial charge in [0.1, 0.15) is 5.82 Å². The summed E-state index contributed by atoms with van der Waals surface area (Å²) >= 11 is 5.56. The van der Waals surface area contributed by atoms with E-state index in [9.17, 15) is 4.39 Å². The zero-order chi connectivity index (χ0) is 20.1. The van der Waals surface area contributed by atoms with Crippen LogP contribution in [0.1, 0.15) is 17.2 Å². The molecule has 0 unspecified atom stereocenters. The molecule has 3 aromatic rings. The van der Waals surface area contributed by atoms with Gasteiger partial charge < -0.3 is 10.2 Å². The molecule has 148 valence electrons.